The number of benzene rings is 1. The second-order valence-electron chi connectivity index (χ2n) is 4.23. The minimum atomic E-state index is 0.0945. The lowest BCUT2D eigenvalue weighted by atomic mass is 10.2. The van der Waals surface area contributed by atoms with Crippen molar-refractivity contribution in [1.82, 2.24) is 0 Å². The number of aliphatic hydroxyl groups excluding tert-OH is 1. The maximum atomic E-state index is 12.2. The quantitative estimate of drug-likeness (QED) is 0.860. The molecule has 0 aromatic heterocycles. The first-order valence-electron chi connectivity index (χ1n) is 6.18. The molecule has 1 rings (SSSR count). The molecule has 0 heterocycles. The van der Waals surface area contributed by atoms with Crippen LogP contribution in [0.3, 0.4) is 0 Å². The summed E-state index contributed by atoms with van der Waals surface area (Å²) in [5, 5.41) is 9.06. The van der Waals surface area contributed by atoms with E-state index in [1.54, 1.807) is 4.90 Å². The smallest absolute Gasteiger partial charge is 0.236 e. The Morgan fingerprint density at radius 3 is 2.67 bits per heavy atom. The van der Waals surface area contributed by atoms with E-state index in [1.807, 2.05) is 45.0 Å². The van der Waals surface area contributed by atoms with E-state index in [0.29, 0.717) is 12.3 Å². The molecule has 3 nitrogen and oxygen atoms in total. The molecular formula is C14H21NO2S. The Balaban J connectivity index is 2.72. The fraction of sp³-hybridized carbons (Fsp3) is 0.500. The lowest BCUT2D eigenvalue weighted by Crippen LogP contribution is -2.33. The van der Waals surface area contributed by atoms with Gasteiger partial charge in [-0.15, -0.1) is 11.8 Å². The number of hydrogen-bond donors (Lipinski definition) is 1. The zero-order chi connectivity index (χ0) is 13.5. The summed E-state index contributed by atoms with van der Waals surface area (Å²) in [6.07, 6.45) is 0. The van der Waals surface area contributed by atoms with Gasteiger partial charge in [-0.3, -0.25) is 4.79 Å². The fourth-order valence-electron chi connectivity index (χ4n) is 1.69. The Bertz CT molecular complexity index is 395. The van der Waals surface area contributed by atoms with E-state index in [2.05, 4.69) is 0 Å². The monoisotopic (exact) mass is 267 g/mol. The molecule has 1 N–H and O–H groups in total. The van der Waals surface area contributed by atoms with Crippen molar-refractivity contribution in [3.8, 4) is 0 Å². The van der Waals surface area contributed by atoms with E-state index in [9.17, 15) is 4.79 Å². The Morgan fingerprint density at radius 1 is 1.44 bits per heavy atom. The van der Waals surface area contributed by atoms with Crippen molar-refractivity contribution in [3.63, 3.8) is 0 Å². The third-order valence-corrected chi connectivity index (χ3v) is 3.90. The summed E-state index contributed by atoms with van der Waals surface area (Å²) in [6, 6.07) is 7.90. The molecule has 4 heteroatoms. The van der Waals surface area contributed by atoms with Crippen molar-refractivity contribution in [2.24, 2.45) is 0 Å². The average Bonchev–Trinajstić information content (AvgIpc) is 2.39. The molecule has 0 fully saturated rings. The van der Waals surface area contributed by atoms with E-state index in [-0.39, 0.29) is 17.8 Å². The van der Waals surface area contributed by atoms with E-state index in [0.717, 1.165) is 11.3 Å². The molecule has 0 bridgehead atoms. The molecule has 1 unspecified atom stereocenters. The van der Waals surface area contributed by atoms with Crippen LogP contribution >= 0.6 is 11.8 Å². The second kappa shape index (κ2) is 7.44. The Kier molecular flexibility index (Phi) is 6.22. The van der Waals surface area contributed by atoms with Crippen LogP contribution in [0.4, 0.5) is 5.69 Å². The third-order valence-electron chi connectivity index (χ3n) is 2.77. The molecule has 0 radical (unpaired) electrons. The number of aliphatic hydroxyl groups is 1. The maximum absolute atomic E-state index is 12.2. The largest absolute Gasteiger partial charge is 0.395 e. The number of hydrogen-bond acceptors (Lipinski definition) is 3. The minimum absolute atomic E-state index is 0.0945. The Morgan fingerprint density at radius 2 is 2.11 bits per heavy atom. The predicted molar refractivity (Wildman–Crippen MR) is 78.2 cm³/mol. The molecule has 0 aliphatic carbocycles. The highest BCUT2D eigenvalue weighted by atomic mass is 32.2. The molecule has 1 amide bonds. The normalized spacial score (nSPS) is 12.2. The summed E-state index contributed by atoms with van der Waals surface area (Å²) in [4.78, 5) is 14.0. The van der Waals surface area contributed by atoms with Crippen LogP contribution in [0.2, 0.25) is 0 Å². The van der Waals surface area contributed by atoms with Crippen LogP contribution in [-0.4, -0.2) is 35.2 Å². The number of thioether (sulfide) groups is 1. The maximum Gasteiger partial charge on any atom is 0.236 e. The Hall–Kier alpha value is -1.00. The second-order valence-corrected chi connectivity index (χ2v) is 5.66. The molecule has 0 saturated carbocycles. The highest BCUT2D eigenvalue weighted by Gasteiger charge is 2.16. The molecule has 1 atom stereocenters. The van der Waals surface area contributed by atoms with Gasteiger partial charge < -0.3 is 10.0 Å². The highest BCUT2D eigenvalue weighted by Crippen LogP contribution is 2.21. The van der Waals surface area contributed by atoms with Crippen LogP contribution in [-0.2, 0) is 4.79 Å². The summed E-state index contributed by atoms with van der Waals surface area (Å²) < 4.78 is 0. The lowest BCUT2D eigenvalue weighted by molar-refractivity contribution is -0.116. The van der Waals surface area contributed by atoms with Gasteiger partial charge >= 0.3 is 0 Å². The molecule has 0 aliphatic heterocycles. The van der Waals surface area contributed by atoms with Crippen LogP contribution in [0.5, 0.6) is 0 Å². The lowest BCUT2D eigenvalue weighted by Gasteiger charge is -2.23. The van der Waals surface area contributed by atoms with Gasteiger partial charge in [0.1, 0.15) is 0 Å². The Labute approximate surface area is 113 Å². The van der Waals surface area contributed by atoms with Crippen LogP contribution in [0, 0.1) is 6.92 Å². The standard InChI is InChI=1S/C14H21NO2S/c1-4-15(13-8-6-5-7-11(13)2)14(17)10-18-12(3)9-16/h5-8,12,16H,4,9-10H2,1-3H3. The first kappa shape index (κ1) is 15.1. The number of anilines is 1. The first-order valence-corrected chi connectivity index (χ1v) is 7.23. The number of aryl methyl sites for hydroxylation is 1. The number of carbonyl (C=O) groups excluding carboxylic acids is 1. The van der Waals surface area contributed by atoms with E-state index >= 15 is 0 Å². The molecule has 0 saturated heterocycles. The number of nitrogens with zero attached hydrogens (tertiary/aromatic N) is 1. The third kappa shape index (κ3) is 4.03. The fourth-order valence-corrected chi connectivity index (χ4v) is 2.38. The van der Waals surface area contributed by atoms with E-state index < -0.39 is 0 Å². The molecule has 100 valence electrons. The summed E-state index contributed by atoms with van der Waals surface area (Å²) in [5.41, 5.74) is 2.08. The van der Waals surface area contributed by atoms with Crippen molar-refractivity contribution >= 4 is 23.4 Å². The molecule has 1 aromatic rings. The van der Waals surface area contributed by atoms with Crippen molar-refractivity contribution in [1.29, 1.82) is 0 Å². The van der Waals surface area contributed by atoms with Crippen molar-refractivity contribution in [2.45, 2.75) is 26.0 Å². The van der Waals surface area contributed by atoms with Crippen LogP contribution in [0.1, 0.15) is 19.4 Å². The zero-order valence-electron chi connectivity index (χ0n) is 11.2. The molecule has 18 heavy (non-hydrogen) atoms. The zero-order valence-corrected chi connectivity index (χ0v) is 12.0. The van der Waals surface area contributed by atoms with Crippen molar-refractivity contribution in [3.05, 3.63) is 29.8 Å². The van der Waals surface area contributed by atoms with Gasteiger partial charge in [0.2, 0.25) is 5.91 Å². The van der Waals surface area contributed by atoms with Gasteiger partial charge in [0.15, 0.2) is 0 Å². The minimum Gasteiger partial charge on any atom is -0.395 e. The molecular weight excluding hydrogens is 246 g/mol. The molecule has 0 aliphatic rings. The number of rotatable bonds is 6. The van der Waals surface area contributed by atoms with Gasteiger partial charge in [0.25, 0.3) is 0 Å². The van der Waals surface area contributed by atoms with Crippen LogP contribution in [0.15, 0.2) is 24.3 Å². The van der Waals surface area contributed by atoms with Crippen LogP contribution in [0.25, 0.3) is 0 Å². The summed E-state index contributed by atoms with van der Waals surface area (Å²) in [5.74, 6) is 0.501. The van der Waals surface area contributed by atoms with Gasteiger partial charge in [-0.1, -0.05) is 25.1 Å². The van der Waals surface area contributed by atoms with Gasteiger partial charge in [-0.25, -0.2) is 0 Å². The average molecular weight is 267 g/mol. The van der Waals surface area contributed by atoms with Crippen molar-refractivity contribution < 1.29 is 9.90 Å². The number of para-hydroxylation sites is 1. The van der Waals surface area contributed by atoms with Crippen LogP contribution < -0.4 is 4.90 Å². The van der Waals surface area contributed by atoms with Gasteiger partial charge in [-0.05, 0) is 25.5 Å². The summed E-state index contributed by atoms with van der Waals surface area (Å²) in [6.45, 7) is 6.67. The molecule has 1 aromatic carbocycles. The highest BCUT2D eigenvalue weighted by molar-refractivity contribution is 8.00. The van der Waals surface area contributed by atoms with Gasteiger partial charge in [0, 0.05) is 17.5 Å². The van der Waals surface area contributed by atoms with Gasteiger partial charge in [-0.2, -0.15) is 0 Å². The SMILES string of the molecule is CCN(C(=O)CSC(C)CO)c1ccccc1C. The predicted octanol–water partition coefficient (Wildman–Crippen LogP) is 2.46. The van der Waals surface area contributed by atoms with Crippen molar-refractivity contribution in [2.75, 3.05) is 23.8 Å². The van der Waals surface area contributed by atoms with E-state index in [4.69, 9.17) is 5.11 Å². The number of amides is 1. The van der Waals surface area contributed by atoms with Gasteiger partial charge in [0.05, 0.1) is 12.4 Å². The first-order chi connectivity index (χ1) is 8.60. The number of carbonyl (C=O) groups is 1. The van der Waals surface area contributed by atoms with E-state index in [1.165, 1.54) is 11.8 Å². The molecule has 0 spiro atoms. The summed E-state index contributed by atoms with van der Waals surface area (Å²) in [7, 11) is 0. The summed E-state index contributed by atoms with van der Waals surface area (Å²) >= 11 is 1.49. The topological polar surface area (TPSA) is 40.5 Å².